The van der Waals surface area contributed by atoms with Crippen LogP contribution in [-0.2, 0) is 9.59 Å². The largest absolute Gasteiger partial charge is 0.481 e. The molecule has 0 atom stereocenters. The van der Waals surface area contributed by atoms with Crippen molar-refractivity contribution in [2.75, 3.05) is 13.1 Å². The molecule has 100 valence electrons. The highest BCUT2D eigenvalue weighted by Gasteiger charge is 2.12. The van der Waals surface area contributed by atoms with Crippen molar-refractivity contribution in [1.82, 2.24) is 10.6 Å². The molecule has 1 amide bonds. The van der Waals surface area contributed by atoms with Gasteiger partial charge in [-0.15, -0.1) is 0 Å². The first kappa shape index (κ1) is 15.9. The van der Waals surface area contributed by atoms with Gasteiger partial charge < -0.3 is 15.7 Å². The standard InChI is InChI=1S/C12H24N2O3/c1-12(2,3)14-10(15)9-13-8-6-4-5-7-11(16)17/h13H,4-9H2,1-3H3,(H,14,15)(H,16,17). The van der Waals surface area contributed by atoms with E-state index in [0.717, 1.165) is 19.4 Å². The molecule has 0 saturated heterocycles. The average molecular weight is 244 g/mol. The SMILES string of the molecule is CC(C)(C)NC(=O)CNCCCCCC(=O)O. The molecule has 5 heteroatoms. The van der Waals surface area contributed by atoms with Crippen LogP contribution in [0.1, 0.15) is 46.5 Å². The lowest BCUT2D eigenvalue weighted by Crippen LogP contribution is -2.44. The van der Waals surface area contributed by atoms with E-state index in [0.29, 0.717) is 13.0 Å². The summed E-state index contributed by atoms with van der Waals surface area (Å²) >= 11 is 0. The molecule has 0 bridgehead atoms. The van der Waals surface area contributed by atoms with E-state index in [1.165, 1.54) is 0 Å². The molecular weight excluding hydrogens is 220 g/mol. The molecule has 0 aromatic carbocycles. The number of carbonyl (C=O) groups excluding carboxylic acids is 1. The molecule has 0 spiro atoms. The molecule has 5 nitrogen and oxygen atoms in total. The molecule has 0 saturated carbocycles. The maximum atomic E-state index is 11.4. The Morgan fingerprint density at radius 3 is 2.29 bits per heavy atom. The molecule has 0 aromatic heterocycles. The first-order valence-electron chi connectivity index (χ1n) is 6.05. The summed E-state index contributed by atoms with van der Waals surface area (Å²) in [6, 6.07) is 0. The van der Waals surface area contributed by atoms with E-state index < -0.39 is 5.97 Å². The number of carboxylic acids is 1. The van der Waals surface area contributed by atoms with Gasteiger partial charge in [-0.3, -0.25) is 9.59 Å². The fourth-order valence-corrected chi connectivity index (χ4v) is 1.37. The zero-order valence-corrected chi connectivity index (χ0v) is 11.0. The van der Waals surface area contributed by atoms with Gasteiger partial charge >= 0.3 is 5.97 Å². The van der Waals surface area contributed by atoms with Crippen LogP contribution in [0.15, 0.2) is 0 Å². The minimum Gasteiger partial charge on any atom is -0.481 e. The van der Waals surface area contributed by atoms with Crippen molar-refractivity contribution in [1.29, 1.82) is 0 Å². The fourth-order valence-electron chi connectivity index (χ4n) is 1.37. The van der Waals surface area contributed by atoms with E-state index >= 15 is 0 Å². The van der Waals surface area contributed by atoms with Crippen LogP contribution in [0.25, 0.3) is 0 Å². The Morgan fingerprint density at radius 1 is 1.12 bits per heavy atom. The van der Waals surface area contributed by atoms with Gasteiger partial charge in [-0.1, -0.05) is 6.42 Å². The number of unbranched alkanes of at least 4 members (excludes halogenated alkanes) is 2. The van der Waals surface area contributed by atoms with Gasteiger partial charge in [0.05, 0.1) is 6.54 Å². The third-order valence-corrected chi connectivity index (χ3v) is 2.04. The Hall–Kier alpha value is -1.10. The summed E-state index contributed by atoms with van der Waals surface area (Å²) in [7, 11) is 0. The highest BCUT2D eigenvalue weighted by Crippen LogP contribution is 1.99. The summed E-state index contributed by atoms with van der Waals surface area (Å²) in [6.45, 7) is 6.89. The molecule has 0 aromatic rings. The van der Waals surface area contributed by atoms with E-state index in [1.54, 1.807) is 0 Å². The van der Waals surface area contributed by atoms with Crippen molar-refractivity contribution in [2.45, 2.75) is 52.0 Å². The Labute approximate surface area is 103 Å². The normalized spacial score (nSPS) is 11.2. The van der Waals surface area contributed by atoms with Crippen LogP contribution < -0.4 is 10.6 Å². The number of amides is 1. The number of nitrogens with one attached hydrogen (secondary N) is 2. The highest BCUT2D eigenvalue weighted by atomic mass is 16.4. The van der Waals surface area contributed by atoms with Crippen molar-refractivity contribution in [3.8, 4) is 0 Å². The summed E-state index contributed by atoms with van der Waals surface area (Å²) in [4.78, 5) is 21.6. The molecule has 0 unspecified atom stereocenters. The smallest absolute Gasteiger partial charge is 0.303 e. The fraction of sp³-hybridized carbons (Fsp3) is 0.833. The third kappa shape index (κ3) is 12.8. The van der Waals surface area contributed by atoms with Gasteiger partial charge in [0.25, 0.3) is 0 Å². The van der Waals surface area contributed by atoms with Crippen LogP contribution in [0.4, 0.5) is 0 Å². The number of hydrogen-bond donors (Lipinski definition) is 3. The lowest BCUT2D eigenvalue weighted by atomic mass is 10.1. The molecule has 0 rings (SSSR count). The topological polar surface area (TPSA) is 78.4 Å². The first-order chi connectivity index (χ1) is 7.81. The maximum absolute atomic E-state index is 11.4. The average Bonchev–Trinajstić information content (AvgIpc) is 2.12. The summed E-state index contributed by atoms with van der Waals surface area (Å²) in [5.74, 6) is -0.759. The number of rotatable bonds is 8. The zero-order valence-electron chi connectivity index (χ0n) is 11.0. The molecule has 3 N–H and O–H groups in total. The van der Waals surface area contributed by atoms with Gasteiger partial charge in [0.15, 0.2) is 0 Å². The van der Waals surface area contributed by atoms with Gasteiger partial charge in [-0.2, -0.15) is 0 Å². The van der Waals surface area contributed by atoms with E-state index in [4.69, 9.17) is 5.11 Å². The number of aliphatic carboxylic acids is 1. The van der Waals surface area contributed by atoms with E-state index in [2.05, 4.69) is 10.6 Å². The summed E-state index contributed by atoms with van der Waals surface area (Å²) < 4.78 is 0. The number of carbonyl (C=O) groups is 2. The van der Waals surface area contributed by atoms with Gasteiger partial charge in [0.1, 0.15) is 0 Å². The molecule has 0 radical (unpaired) electrons. The molecule has 0 heterocycles. The van der Waals surface area contributed by atoms with Crippen molar-refractivity contribution in [2.24, 2.45) is 0 Å². The molecule has 0 fully saturated rings. The van der Waals surface area contributed by atoms with Gasteiger partial charge in [0.2, 0.25) is 5.91 Å². The Bertz CT molecular complexity index is 247. The Morgan fingerprint density at radius 2 is 1.76 bits per heavy atom. The quantitative estimate of drug-likeness (QED) is 0.559. The molecular formula is C12H24N2O3. The zero-order chi connectivity index (χ0) is 13.3. The van der Waals surface area contributed by atoms with Crippen molar-refractivity contribution < 1.29 is 14.7 Å². The van der Waals surface area contributed by atoms with Crippen molar-refractivity contribution in [3.05, 3.63) is 0 Å². The second-order valence-electron chi connectivity index (χ2n) is 5.18. The lowest BCUT2D eigenvalue weighted by molar-refractivity contribution is -0.137. The minimum absolute atomic E-state index is 0.0111. The van der Waals surface area contributed by atoms with E-state index in [9.17, 15) is 9.59 Å². The van der Waals surface area contributed by atoms with Crippen LogP contribution in [0.5, 0.6) is 0 Å². The molecule has 0 aliphatic carbocycles. The van der Waals surface area contributed by atoms with Crippen LogP contribution in [-0.4, -0.2) is 35.6 Å². The Balaban J connectivity index is 3.34. The molecule has 0 aliphatic heterocycles. The third-order valence-electron chi connectivity index (χ3n) is 2.04. The Kier molecular flexibility index (Phi) is 7.54. The predicted octanol–water partition coefficient (Wildman–Crippen LogP) is 1.14. The van der Waals surface area contributed by atoms with Gasteiger partial charge in [-0.05, 0) is 40.2 Å². The van der Waals surface area contributed by atoms with E-state index in [1.807, 2.05) is 20.8 Å². The predicted molar refractivity (Wildman–Crippen MR) is 66.9 cm³/mol. The first-order valence-corrected chi connectivity index (χ1v) is 6.05. The summed E-state index contributed by atoms with van der Waals surface area (Å²) in [5.41, 5.74) is -0.194. The molecule has 0 aliphatic rings. The lowest BCUT2D eigenvalue weighted by Gasteiger charge is -2.20. The number of hydrogen-bond acceptors (Lipinski definition) is 3. The van der Waals surface area contributed by atoms with Gasteiger partial charge in [-0.25, -0.2) is 0 Å². The minimum atomic E-state index is -0.748. The van der Waals surface area contributed by atoms with Crippen LogP contribution in [0, 0.1) is 0 Å². The molecule has 17 heavy (non-hydrogen) atoms. The van der Waals surface area contributed by atoms with E-state index in [-0.39, 0.29) is 17.9 Å². The maximum Gasteiger partial charge on any atom is 0.303 e. The van der Waals surface area contributed by atoms with Crippen LogP contribution in [0.3, 0.4) is 0 Å². The van der Waals surface area contributed by atoms with Crippen molar-refractivity contribution in [3.63, 3.8) is 0 Å². The van der Waals surface area contributed by atoms with Crippen LogP contribution in [0.2, 0.25) is 0 Å². The van der Waals surface area contributed by atoms with Gasteiger partial charge in [0, 0.05) is 12.0 Å². The highest BCUT2D eigenvalue weighted by molar-refractivity contribution is 5.78. The summed E-state index contributed by atoms with van der Waals surface area (Å²) in [5, 5.41) is 14.3. The number of carboxylic acid groups (broad SMARTS) is 1. The summed E-state index contributed by atoms with van der Waals surface area (Å²) in [6.07, 6.45) is 2.70. The van der Waals surface area contributed by atoms with Crippen molar-refractivity contribution >= 4 is 11.9 Å². The van der Waals surface area contributed by atoms with Crippen LogP contribution >= 0.6 is 0 Å². The second-order valence-corrected chi connectivity index (χ2v) is 5.18. The second kappa shape index (κ2) is 8.06. The monoisotopic (exact) mass is 244 g/mol.